The molecule has 0 saturated heterocycles. The highest BCUT2D eigenvalue weighted by Crippen LogP contribution is 2.15. The second-order valence-corrected chi connectivity index (χ2v) is 4.49. The molecule has 0 aliphatic heterocycles. The first-order valence-electron chi connectivity index (χ1n) is 3.16. The molecule has 0 spiro atoms. The van der Waals surface area contributed by atoms with Gasteiger partial charge in [0.1, 0.15) is 0 Å². The summed E-state index contributed by atoms with van der Waals surface area (Å²) in [6.45, 7) is 3.64. The van der Waals surface area contributed by atoms with Crippen molar-refractivity contribution in [1.29, 1.82) is 0 Å². The summed E-state index contributed by atoms with van der Waals surface area (Å²) in [5.74, 6) is 0. The van der Waals surface area contributed by atoms with Crippen LogP contribution in [0, 0.1) is 0 Å². The second kappa shape index (κ2) is 3.98. The number of rotatable bonds is 3. The maximum Gasteiger partial charge on any atom is 0.257 e. The number of allylic oxidation sites excluding steroid dienone is 2. The van der Waals surface area contributed by atoms with Gasteiger partial charge in [-0.25, -0.2) is 8.42 Å². The van der Waals surface area contributed by atoms with Crippen molar-refractivity contribution in [1.82, 2.24) is 0 Å². The monoisotopic (exact) mass is 182 g/mol. The van der Waals surface area contributed by atoms with E-state index in [2.05, 4.69) is 0 Å². The van der Waals surface area contributed by atoms with Crippen LogP contribution >= 0.6 is 10.7 Å². The van der Waals surface area contributed by atoms with Crippen LogP contribution in [0.1, 0.15) is 26.7 Å². The Balaban J connectivity index is 4.54. The SMILES string of the molecule is CC/C=C(/CC)S(=O)(=O)Cl. The summed E-state index contributed by atoms with van der Waals surface area (Å²) in [7, 11) is 1.64. The smallest absolute Gasteiger partial charge is 0.207 e. The van der Waals surface area contributed by atoms with Crippen molar-refractivity contribution in [3.05, 3.63) is 11.0 Å². The summed E-state index contributed by atoms with van der Waals surface area (Å²) >= 11 is 0. The molecule has 0 unspecified atom stereocenters. The van der Waals surface area contributed by atoms with Gasteiger partial charge in [0.15, 0.2) is 0 Å². The summed E-state index contributed by atoms with van der Waals surface area (Å²) in [5, 5.41) is 0. The Morgan fingerprint density at radius 2 is 2.00 bits per heavy atom. The lowest BCUT2D eigenvalue weighted by Gasteiger charge is -1.96. The van der Waals surface area contributed by atoms with Gasteiger partial charge >= 0.3 is 0 Å². The van der Waals surface area contributed by atoms with Crippen molar-refractivity contribution in [3.8, 4) is 0 Å². The summed E-state index contributed by atoms with van der Waals surface area (Å²) in [6.07, 6.45) is 2.80. The molecular weight excluding hydrogens is 172 g/mol. The van der Waals surface area contributed by atoms with Crippen molar-refractivity contribution < 1.29 is 8.42 Å². The van der Waals surface area contributed by atoms with E-state index in [1.54, 1.807) is 13.0 Å². The fraction of sp³-hybridized carbons (Fsp3) is 0.667. The Morgan fingerprint density at radius 3 is 2.10 bits per heavy atom. The van der Waals surface area contributed by atoms with Crippen LogP contribution in [0.3, 0.4) is 0 Å². The average Bonchev–Trinajstić information content (AvgIpc) is 1.80. The zero-order valence-corrected chi connectivity index (χ0v) is 7.67. The fourth-order valence-corrected chi connectivity index (χ4v) is 1.87. The molecule has 4 heteroatoms. The van der Waals surface area contributed by atoms with E-state index >= 15 is 0 Å². The van der Waals surface area contributed by atoms with E-state index in [4.69, 9.17) is 10.7 Å². The third kappa shape index (κ3) is 3.22. The molecule has 0 N–H and O–H groups in total. The van der Waals surface area contributed by atoms with Gasteiger partial charge in [-0.15, -0.1) is 0 Å². The van der Waals surface area contributed by atoms with Crippen molar-refractivity contribution in [3.63, 3.8) is 0 Å². The first kappa shape index (κ1) is 9.98. The van der Waals surface area contributed by atoms with Gasteiger partial charge in [0.2, 0.25) is 0 Å². The van der Waals surface area contributed by atoms with Crippen molar-refractivity contribution in [2.45, 2.75) is 26.7 Å². The molecule has 0 bridgehead atoms. The third-order valence-corrected chi connectivity index (χ3v) is 2.77. The van der Waals surface area contributed by atoms with Gasteiger partial charge in [-0.1, -0.05) is 19.9 Å². The highest BCUT2D eigenvalue weighted by molar-refractivity contribution is 8.16. The zero-order valence-electron chi connectivity index (χ0n) is 6.09. The third-order valence-electron chi connectivity index (χ3n) is 1.09. The lowest BCUT2D eigenvalue weighted by molar-refractivity contribution is 0.613. The van der Waals surface area contributed by atoms with Crippen LogP contribution in [-0.2, 0) is 9.05 Å². The molecule has 0 atom stereocenters. The first-order chi connectivity index (χ1) is 4.52. The van der Waals surface area contributed by atoms with E-state index in [0.29, 0.717) is 17.7 Å². The van der Waals surface area contributed by atoms with Crippen molar-refractivity contribution >= 4 is 19.7 Å². The number of halogens is 1. The molecule has 0 saturated carbocycles. The molecule has 0 rings (SSSR count). The van der Waals surface area contributed by atoms with E-state index in [1.807, 2.05) is 6.92 Å². The summed E-state index contributed by atoms with van der Waals surface area (Å²) in [4.78, 5) is 0.316. The number of hydrogen-bond donors (Lipinski definition) is 0. The Labute approximate surface area is 66.3 Å². The molecule has 0 fully saturated rings. The maximum absolute atomic E-state index is 10.6. The zero-order chi connectivity index (χ0) is 8.20. The second-order valence-electron chi connectivity index (χ2n) is 1.87. The first-order valence-corrected chi connectivity index (χ1v) is 5.47. The Hall–Kier alpha value is -0.0200. The topological polar surface area (TPSA) is 34.1 Å². The normalized spacial score (nSPS) is 13.7. The summed E-state index contributed by atoms with van der Waals surface area (Å²) in [5.41, 5.74) is 0. The van der Waals surface area contributed by atoms with Crippen LogP contribution in [0.5, 0.6) is 0 Å². The van der Waals surface area contributed by atoms with Crippen molar-refractivity contribution in [2.24, 2.45) is 0 Å². The molecule has 0 amide bonds. The van der Waals surface area contributed by atoms with Gasteiger partial charge in [0.25, 0.3) is 9.05 Å². The van der Waals surface area contributed by atoms with Crippen LogP contribution in [0.2, 0.25) is 0 Å². The van der Waals surface area contributed by atoms with Gasteiger partial charge in [0.05, 0.1) is 4.91 Å². The molecule has 0 radical (unpaired) electrons. The lowest BCUT2D eigenvalue weighted by Crippen LogP contribution is -1.92. The van der Waals surface area contributed by atoms with Crippen LogP contribution < -0.4 is 0 Å². The molecule has 0 aromatic carbocycles. The summed E-state index contributed by atoms with van der Waals surface area (Å²) < 4.78 is 21.3. The molecule has 2 nitrogen and oxygen atoms in total. The van der Waals surface area contributed by atoms with Crippen LogP contribution in [0.4, 0.5) is 0 Å². The fourth-order valence-electron chi connectivity index (χ4n) is 0.644. The highest BCUT2D eigenvalue weighted by Gasteiger charge is 2.09. The molecule has 0 heterocycles. The Kier molecular flexibility index (Phi) is 3.98. The Morgan fingerprint density at radius 1 is 1.50 bits per heavy atom. The lowest BCUT2D eigenvalue weighted by atomic mass is 10.3. The summed E-state index contributed by atoms with van der Waals surface area (Å²) in [6, 6.07) is 0. The highest BCUT2D eigenvalue weighted by atomic mass is 35.7. The molecule has 60 valence electrons. The molecule has 0 aromatic heterocycles. The van der Waals surface area contributed by atoms with Crippen LogP contribution in [0.15, 0.2) is 11.0 Å². The standard InChI is InChI=1S/C6H11ClO2S/c1-3-5-6(4-2)10(7,8)9/h5H,3-4H2,1-2H3/b6-5-. The molecular formula is C6H11ClO2S. The quantitative estimate of drug-likeness (QED) is 0.628. The predicted molar refractivity (Wildman–Crippen MR) is 43.4 cm³/mol. The van der Waals surface area contributed by atoms with Crippen LogP contribution in [0.25, 0.3) is 0 Å². The van der Waals surface area contributed by atoms with E-state index in [1.165, 1.54) is 0 Å². The van der Waals surface area contributed by atoms with E-state index in [9.17, 15) is 8.42 Å². The predicted octanol–water partition coefficient (Wildman–Crippen LogP) is 2.26. The maximum atomic E-state index is 10.6. The Bertz CT molecular complexity index is 216. The molecule has 0 aromatic rings. The average molecular weight is 183 g/mol. The van der Waals surface area contributed by atoms with E-state index < -0.39 is 9.05 Å². The minimum absolute atomic E-state index is 0.316. The van der Waals surface area contributed by atoms with Gasteiger partial charge in [-0.2, -0.15) is 0 Å². The largest absolute Gasteiger partial charge is 0.257 e. The van der Waals surface area contributed by atoms with Gasteiger partial charge in [-0.3, -0.25) is 0 Å². The molecule has 10 heavy (non-hydrogen) atoms. The number of hydrogen-bond acceptors (Lipinski definition) is 2. The minimum Gasteiger partial charge on any atom is -0.207 e. The van der Waals surface area contributed by atoms with Gasteiger partial charge in [0, 0.05) is 10.7 Å². The molecule has 0 aliphatic carbocycles. The van der Waals surface area contributed by atoms with Gasteiger partial charge < -0.3 is 0 Å². The van der Waals surface area contributed by atoms with Gasteiger partial charge in [-0.05, 0) is 12.8 Å². The minimum atomic E-state index is -3.44. The van der Waals surface area contributed by atoms with Crippen molar-refractivity contribution in [2.75, 3.05) is 0 Å². The van der Waals surface area contributed by atoms with E-state index in [-0.39, 0.29) is 0 Å². The molecule has 0 aliphatic rings. The van der Waals surface area contributed by atoms with Crippen LogP contribution in [-0.4, -0.2) is 8.42 Å². The van der Waals surface area contributed by atoms with E-state index in [0.717, 1.165) is 0 Å².